The number of urea groups is 1. The normalized spacial score (nSPS) is 10.2. The first-order chi connectivity index (χ1) is 10.5. The molecule has 2 amide bonds. The van der Waals surface area contributed by atoms with Gasteiger partial charge in [-0.1, -0.05) is 23.7 Å². The highest BCUT2D eigenvalue weighted by atomic mass is 35.5. The van der Waals surface area contributed by atoms with Crippen molar-refractivity contribution in [3.8, 4) is 5.75 Å². The van der Waals surface area contributed by atoms with Crippen LogP contribution in [0.2, 0.25) is 5.15 Å². The number of hydrogen-bond donors (Lipinski definition) is 2. The van der Waals surface area contributed by atoms with Gasteiger partial charge in [-0.15, -0.1) is 0 Å². The number of anilines is 1. The molecule has 2 aromatic rings. The Kier molecular flexibility index (Phi) is 5.22. The van der Waals surface area contributed by atoms with Crippen LogP contribution in [0, 0.1) is 20.8 Å². The highest BCUT2D eigenvalue weighted by molar-refractivity contribution is 6.32. The highest BCUT2D eigenvalue weighted by Gasteiger charge is 2.08. The van der Waals surface area contributed by atoms with Gasteiger partial charge < -0.3 is 15.4 Å². The van der Waals surface area contributed by atoms with Gasteiger partial charge in [0.2, 0.25) is 0 Å². The highest BCUT2D eigenvalue weighted by Crippen LogP contribution is 2.25. The Morgan fingerprint density at radius 1 is 1.23 bits per heavy atom. The molecule has 22 heavy (non-hydrogen) atoms. The molecular weight excluding hydrogens is 302 g/mol. The third-order valence-corrected chi connectivity index (χ3v) is 3.63. The summed E-state index contributed by atoms with van der Waals surface area (Å²) in [7, 11) is 0. The van der Waals surface area contributed by atoms with E-state index < -0.39 is 6.03 Å². The second-order valence-corrected chi connectivity index (χ2v) is 5.27. The van der Waals surface area contributed by atoms with Gasteiger partial charge in [0.1, 0.15) is 5.75 Å². The van der Waals surface area contributed by atoms with Crippen LogP contribution < -0.4 is 15.4 Å². The van der Waals surface area contributed by atoms with Crippen LogP contribution in [0.3, 0.4) is 0 Å². The smallest absolute Gasteiger partial charge is 0.321 e. The molecule has 1 aromatic heterocycles. The lowest BCUT2D eigenvalue weighted by Gasteiger charge is -2.14. The molecule has 0 spiro atoms. The third kappa shape index (κ3) is 3.89. The molecule has 0 unspecified atom stereocenters. The van der Waals surface area contributed by atoms with E-state index in [1.807, 2.05) is 32.9 Å². The number of nitrogens with zero attached hydrogens (tertiary/aromatic N) is 1. The molecule has 0 saturated heterocycles. The lowest BCUT2D eigenvalue weighted by molar-refractivity contribution is 0.234. The molecule has 116 valence electrons. The molecule has 0 bridgehead atoms. The summed E-state index contributed by atoms with van der Waals surface area (Å²) in [6.07, 6.45) is 1.55. The van der Waals surface area contributed by atoms with E-state index in [1.54, 1.807) is 18.3 Å². The van der Waals surface area contributed by atoms with Crippen molar-refractivity contribution in [3.05, 3.63) is 52.3 Å². The van der Waals surface area contributed by atoms with E-state index >= 15 is 0 Å². The van der Waals surface area contributed by atoms with Gasteiger partial charge >= 0.3 is 6.03 Å². The number of ether oxygens (including phenoxy) is 1. The second kappa shape index (κ2) is 7.13. The SMILES string of the molecule is Cc1ccc(C)c(OCNC(=O)Nc2cccnc2Cl)c1C. The van der Waals surface area contributed by atoms with Crippen LogP contribution in [-0.2, 0) is 0 Å². The van der Waals surface area contributed by atoms with Crippen LogP contribution in [0.5, 0.6) is 5.75 Å². The summed E-state index contributed by atoms with van der Waals surface area (Å²) in [6, 6.07) is 7.00. The minimum Gasteiger partial charge on any atom is -0.473 e. The fourth-order valence-corrected chi connectivity index (χ4v) is 2.13. The number of halogens is 1. The molecule has 0 fully saturated rings. The average molecular weight is 320 g/mol. The Balaban J connectivity index is 1.90. The van der Waals surface area contributed by atoms with E-state index in [4.69, 9.17) is 16.3 Å². The Morgan fingerprint density at radius 2 is 1.95 bits per heavy atom. The van der Waals surface area contributed by atoms with Gasteiger partial charge in [-0.25, -0.2) is 9.78 Å². The number of aromatic nitrogens is 1. The van der Waals surface area contributed by atoms with Crippen molar-refractivity contribution in [2.45, 2.75) is 20.8 Å². The van der Waals surface area contributed by atoms with Crippen molar-refractivity contribution >= 4 is 23.3 Å². The van der Waals surface area contributed by atoms with E-state index in [-0.39, 0.29) is 11.9 Å². The first-order valence-electron chi connectivity index (χ1n) is 6.84. The summed E-state index contributed by atoms with van der Waals surface area (Å²) in [4.78, 5) is 15.7. The zero-order valence-corrected chi connectivity index (χ0v) is 13.5. The lowest BCUT2D eigenvalue weighted by Crippen LogP contribution is -2.32. The van der Waals surface area contributed by atoms with Gasteiger partial charge in [0.05, 0.1) is 5.69 Å². The van der Waals surface area contributed by atoms with E-state index in [0.717, 1.165) is 22.4 Å². The number of carbonyl (C=O) groups is 1. The molecule has 1 heterocycles. The molecule has 0 aliphatic carbocycles. The number of hydrogen-bond acceptors (Lipinski definition) is 3. The zero-order valence-electron chi connectivity index (χ0n) is 12.7. The fourth-order valence-electron chi connectivity index (χ4n) is 1.97. The molecule has 2 N–H and O–H groups in total. The van der Waals surface area contributed by atoms with Gasteiger partial charge in [-0.2, -0.15) is 0 Å². The minimum absolute atomic E-state index is 0.0643. The van der Waals surface area contributed by atoms with Crippen molar-refractivity contribution in [2.24, 2.45) is 0 Å². The van der Waals surface area contributed by atoms with Crippen LogP contribution in [-0.4, -0.2) is 17.7 Å². The van der Waals surface area contributed by atoms with Gasteiger partial charge in [-0.05, 0) is 49.6 Å². The molecule has 0 saturated carbocycles. The molecule has 0 atom stereocenters. The van der Waals surface area contributed by atoms with Crippen molar-refractivity contribution in [1.29, 1.82) is 0 Å². The summed E-state index contributed by atoms with van der Waals surface area (Å²) in [5, 5.41) is 5.47. The quantitative estimate of drug-likeness (QED) is 0.665. The maximum Gasteiger partial charge on any atom is 0.321 e. The number of nitrogens with one attached hydrogen (secondary N) is 2. The minimum atomic E-state index is -0.405. The Hall–Kier alpha value is -2.27. The van der Waals surface area contributed by atoms with E-state index in [9.17, 15) is 4.79 Å². The van der Waals surface area contributed by atoms with Gasteiger partial charge in [-0.3, -0.25) is 0 Å². The van der Waals surface area contributed by atoms with Crippen molar-refractivity contribution in [3.63, 3.8) is 0 Å². The first kappa shape index (κ1) is 16.1. The Labute approximate surface area is 134 Å². The fraction of sp³-hybridized carbons (Fsp3) is 0.250. The van der Waals surface area contributed by atoms with Gasteiger partial charge in [0, 0.05) is 6.20 Å². The lowest BCUT2D eigenvalue weighted by atomic mass is 10.1. The largest absolute Gasteiger partial charge is 0.473 e. The predicted octanol–water partition coefficient (Wildman–Crippen LogP) is 3.82. The summed E-state index contributed by atoms with van der Waals surface area (Å²) < 4.78 is 5.67. The molecule has 5 nitrogen and oxygen atoms in total. The van der Waals surface area contributed by atoms with Crippen LogP contribution in [0.4, 0.5) is 10.5 Å². The van der Waals surface area contributed by atoms with Crippen LogP contribution in [0.1, 0.15) is 16.7 Å². The first-order valence-corrected chi connectivity index (χ1v) is 7.22. The number of aryl methyl sites for hydroxylation is 2. The van der Waals surface area contributed by atoms with E-state index in [1.165, 1.54) is 0 Å². The van der Waals surface area contributed by atoms with Crippen LogP contribution in [0.25, 0.3) is 0 Å². The Bertz CT molecular complexity index is 689. The van der Waals surface area contributed by atoms with E-state index in [2.05, 4.69) is 15.6 Å². The van der Waals surface area contributed by atoms with Crippen LogP contribution >= 0.6 is 11.6 Å². The predicted molar refractivity (Wildman–Crippen MR) is 87.5 cm³/mol. The number of benzene rings is 1. The topological polar surface area (TPSA) is 63.2 Å². The third-order valence-electron chi connectivity index (χ3n) is 3.33. The van der Waals surface area contributed by atoms with Gasteiger partial charge in [0.25, 0.3) is 0 Å². The summed E-state index contributed by atoms with van der Waals surface area (Å²) in [6.45, 7) is 6.05. The second-order valence-electron chi connectivity index (χ2n) is 4.91. The van der Waals surface area contributed by atoms with Crippen molar-refractivity contribution in [2.75, 3.05) is 12.0 Å². The monoisotopic (exact) mass is 319 g/mol. The number of rotatable bonds is 4. The molecule has 6 heteroatoms. The molecular formula is C16H18ClN3O2. The standard InChI is InChI=1S/C16H18ClN3O2/c1-10-6-7-11(2)14(12(10)3)22-9-19-16(21)20-13-5-4-8-18-15(13)17/h4-8H,9H2,1-3H3,(H2,19,20,21). The van der Waals surface area contributed by atoms with E-state index in [0.29, 0.717) is 5.69 Å². The summed E-state index contributed by atoms with van der Waals surface area (Å²) in [5.41, 5.74) is 3.69. The number of carbonyl (C=O) groups excluding carboxylic acids is 1. The zero-order chi connectivity index (χ0) is 16.1. The van der Waals surface area contributed by atoms with Crippen molar-refractivity contribution < 1.29 is 9.53 Å². The molecule has 2 rings (SSSR count). The molecule has 0 aliphatic heterocycles. The summed E-state index contributed by atoms with van der Waals surface area (Å²) >= 11 is 5.87. The average Bonchev–Trinajstić information content (AvgIpc) is 2.49. The van der Waals surface area contributed by atoms with Crippen LogP contribution in [0.15, 0.2) is 30.5 Å². The number of amides is 2. The molecule has 0 radical (unpaired) electrons. The maximum absolute atomic E-state index is 11.8. The Morgan fingerprint density at radius 3 is 2.68 bits per heavy atom. The maximum atomic E-state index is 11.8. The van der Waals surface area contributed by atoms with Gasteiger partial charge in [0.15, 0.2) is 11.9 Å². The molecule has 1 aromatic carbocycles. The summed E-state index contributed by atoms with van der Waals surface area (Å²) in [5.74, 6) is 0.791. The molecule has 0 aliphatic rings. The van der Waals surface area contributed by atoms with Crippen molar-refractivity contribution in [1.82, 2.24) is 10.3 Å². The number of pyridine rings is 1.